The quantitative estimate of drug-likeness (QED) is 0.542. The first-order chi connectivity index (χ1) is 14.4. The zero-order valence-electron chi connectivity index (χ0n) is 16.1. The first-order valence-corrected chi connectivity index (χ1v) is 9.13. The molecular weight excluding hydrogens is 389 g/mol. The lowest BCUT2D eigenvalue weighted by molar-refractivity contribution is -0.123. The van der Waals surface area contributed by atoms with E-state index >= 15 is 0 Å². The monoisotopic (exact) mass is 409 g/mol. The van der Waals surface area contributed by atoms with Crippen LogP contribution in [-0.2, 0) is 9.59 Å². The molecule has 0 radical (unpaired) electrons. The van der Waals surface area contributed by atoms with Crippen molar-refractivity contribution in [2.45, 2.75) is 19.4 Å². The number of nitrogens with one attached hydrogen (secondary N) is 3. The molecule has 3 N–H and O–H groups in total. The van der Waals surface area contributed by atoms with Gasteiger partial charge in [0.1, 0.15) is 11.5 Å². The highest BCUT2D eigenvalue weighted by Gasteiger charge is 2.18. The highest BCUT2D eigenvalue weighted by atomic mass is 19.1. The Labute approximate surface area is 172 Å². The summed E-state index contributed by atoms with van der Waals surface area (Å²) in [5, 5.41) is 2.72. The van der Waals surface area contributed by atoms with Crippen molar-refractivity contribution in [2.24, 2.45) is 0 Å². The summed E-state index contributed by atoms with van der Waals surface area (Å²) in [6.45, 7) is 1.37. The van der Waals surface area contributed by atoms with Crippen molar-refractivity contribution in [3.63, 3.8) is 0 Å². The average Bonchev–Trinajstić information content (AvgIpc) is 3.22. The van der Waals surface area contributed by atoms with Crippen LogP contribution in [0.25, 0.3) is 5.69 Å². The Balaban J connectivity index is 1.63. The summed E-state index contributed by atoms with van der Waals surface area (Å²) >= 11 is 0. The molecule has 0 saturated heterocycles. The predicted octanol–water partition coefficient (Wildman–Crippen LogP) is 2.04. The summed E-state index contributed by atoms with van der Waals surface area (Å²) in [7, 11) is 0. The average molecular weight is 409 g/mol. The number of imidazole rings is 1. The van der Waals surface area contributed by atoms with Gasteiger partial charge >= 0.3 is 0 Å². The SMILES string of the molecule is CC(=O)N[C@H](CC(=O)NNC(=O)c1cncn1-c1ccc(F)cc1)c1ccccc1. The lowest BCUT2D eigenvalue weighted by atomic mass is 10.0. The third-order valence-corrected chi connectivity index (χ3v) is 4.26. The summed E-state index contributed by atoms with van der Waals surface area (Å²) in [6.07, 6.45) is 2.67. The van der Waals surface area contributed by atoms with Gasteiger partial charge in [0.2, 0.25) is 11.8 Å². The van der Waals surface area contributed by atoms with Gasteiger partial charge in [-0.25, -0.2) is 9.37 Å². The molecule has 3 aromatic rings. The van der Waals surface area contributed by atoms with E-state index in [1.807, 2.05) is 6.07 Å². The van der Waals surface area contributed by atoms with Crippen molar-refractivity contribution in [3.05, 3.63) is 84.2 Å². The van der Waals surface area contributed by atoms with E-state index in [-0.39, 0.29) is 18.0 Å². The molecule has 0 unspecified atom stereocenters. The molecule has 0 aliphatic carbocycles. The fourth-order valence-corrected chi connectivity index (χ4v) is 2.88. The summed E-state index contributed by atoms with van der Waals surface area (Å²) in [6, 6.07) is 14.1. The van der Waals surface area contributed by atoms with Crippen LogP contribution < -0.4 is 16.2 Å². The summed E-state index contributed by atoms with van der Waals surface area (Å²) < 4.78 is 14.6. The number of amides is 3. The first kappa shape index (κ1) is 20.7. The van der Waals surface area contributed by atoms with Crippen LogP contribution in [0.3, 0.4) is 0 Å². The Hall–Kier alpha value is -4.01. The van der Waals surface area contributed by atoms with Crippen molar-refractivity contribution in [1.82, 2.24) is 25.7 Å². The van der Waals surface area contributed by atoms with E-state index in [2.05, 4.69) is 21.2 Å². The molecule has 0 aliphatic heterocycles. The highest BCUT2D eigenvalue weighted by Crippen LogP contribution is 2.16. The third-order valence-electron chi connectivity index (χ3n) is 4.26. The number of nitrogens with zero attached hydrogens (tertiary/aromatic N) is 2. The Kier molecular flexibility index (Phi) is 6.53. The van der Waals surface area contributed by atoms with Crippen LogP contribution in [0.4, 0.5) is 4.39 Å². The molecule has 1 heterocycles. The minimum atomic E-state index is -0.596. The van der Waals surface area contributed by atoms with E-state index < -0.39 is 23.7 Å². The number of hydrogen-bond acceptors (Lipinski definition) is 4. The number of carbonyl (C=O) groups is 3. The fraction of sp³-hybridized carbons (Fsp3) is 0.143. The molecular formula is C21H20FN5O3. The normalized spacial score (nSPS) is 11.4. The lowest BCUT2D eigenvalue weighted by Gasteiger charge is -2.18. The van der Waals surface area contributed by atoms with Crippen molar-refractivity contribution < 1.29 is 18.8 Å². The van der Waals surface area contributed by atoms with E-state index in [4.69, 9.17) is 0 Å². The molecule has 2 aromatic carbocycles. The van der Waals surface area contributed by atoms with Gasteiger partial charge in [0, 0.05) is 12.6 Å². The van der Waals surface area contributed by atoms with Gasteiger partial charge < -0.3 is 5.32 Å². The Morgan fingerprint density at radius 1 is 1.03 bits per heavy atom. The summed E-state index contributed by atoms with van der Waals surface area (Å²) in [5.74, 6) is -1.76. The zero-order valence-corrected chi connectivity index (χ0v) is 16.1. The van der Waals surface area contributed by atoms with Gasteiger partial charge in [-0.05, 0) is 29.8 Å². The number of benzene rings is 2. The molecule has 0 fully saturated rings. The maximum absolute atomic E-state index is 13.1. The van der Waals surface area contributed by atoms with Crippen molar-refractivity contribution in [2.75, 3.05) is 0 Å². The van der Waals surface area contributed by atoms with Crippen LogP contribution in [0.5, 0.6) is 0 Å². The highest BCUT2D eigenvalue weighted by molar-refractivity contribution is 5.94. The number of hydrogen-bond donors (Lipinski definition) is 3. The topological polar surface area (TPSA) is 105 Å². The molecule has 0 aliphatic rings. The van der Waals surface area contributed by atoms with Gasteiger partial charge in [-0.2, -0.15) is 0 Å². The van der Waals surface area contributed by atoms with Crippen LogP contribution in [0.2, 0.25) is 0 Å². The maximum atomic E-state index is 13.1. The van der Waals surface area contributed by atoms with Gasteiger partial charge in [0.15, 0.2) is 0 Å². The van der Waals surface area contributed by atoms with Crippen LogP contribution in [0, 0.1) is 5.82 Å². The molecule has 1 atom stereocenters. The maximum Gasteiger partial charge on any atom is 0.288 e. The van der Waals surface area contributed by atoms with Gasteiger partial charge in [0.05, 0.1) is 25.0 Å². The Morgan fingerprint density at radius 2 is 1.73 bits per heavy atom. The van der Waals surface area contributed by atoms with Crippen molar-refractivity contribution in [1.29, 1.82) is 0 Å². The largest absolute Gasteiger partial charge is 0.349 e. The van der Waals surface area contributed by atoms with Crippen LogP contribution in [-0.4, -0.2) is 27.3 Å². The molecule has 8 nitrogen and oxygen atoms in total. The van der Waals surface area contributed by atoms with E-state index in [1.54, 1.807) is 24.3 Å². The molecule has 0 spiro atoms. The van der Waals surface area contributed by atoms with Gasteiger partial charge in [0.25, 0.3) is 5.91 Å². The van der Waals surface area contributed by atoms with E-state index in [0.29, 0.717) is 5.69 Å². The number of carbonyl (C=O) groups excluding carboxylic acids is 3. The second kappa shape index (κ2) is 9.46. The standard InChI is InChI=1S/C21H20FN5O3/c1-14(28)24-18(15-5-3-2-4-6-15)11-20(29)25-26-21(30)19-12-23-13-27(19)17-9-7-16(22)8-10-17/h2-10,12-13,18H,11H2,1H3,(H,24,28)(H,25,29)(H,26,30)/t18-/m1/s1. The second-order valence-corrected chi connectivity index (χ2v) is 6.50. The van der Waals surface area contributed by atoms with Crippen LogP contribution in [0.1, 0.15) is 35.4 Å². The zero-order chi connectivity index (χ0) is 21.5. The molecule has 0 bridgehead atoms. The molecule has 30 heavy (non-hydrogen) atoms. The van der Waals surface area contributed by atoms with Crippen molar-refractivity contribution in [3.8, 4) is 5.69 Å². The molecule has 3 amide bonds. The number of halogens is 1. The van der Waals surface area contributed by atoms with Crippen LogP contribution in [0.15, 0.2) is 67.1 Å². The fourth-order valence-electron chi connectivity index (χ4n) is 2.88. The molecule has 154 valence electrons. The second-order valence-electron chi connectivity index (χ2n) is 6.50. The lowest BCUT2D eigenvalue weighted by Crippen LogP contribution is -2.43. The molecule has 1 aromatic heterocycles. The molecule has 9 heteroatoms. The molecule has 3 rings (SSSR count). The first-order valence-electron chi connectivity index (χ1n) is 9.13. The number of aromatic nitrogens is 2. The Bertz CT molecular complexity index is 1030. The third kappa shape index (κ3) is 5.28. The molecule has 0 saturated carbocycles. The number of rotatable bonds is 6. The van der Waals surface area contributed by atoms with Gasteiger partial charge in [-0.15, -0.1) is 0 Å². The summed E-state index contributed by atoms with van der Waals surface area (Å²) in [4.78, 5) is 40.2. The van der Waals surface area contributed by atoms with Gasteiger partial charge in [-0.1, -0.05) is 30.3 Å². The smallest absolute Gasteiger partial charge is 0.288 e. The minimum absolute atomic E-state index is 0.0684. The van der Waals surface area contributed by atoms with E-state index in [9.17, 15) is 18.8 Å². The van der Waals surface area contributed by atoms with Crippen LogP contribution >= 0.6 is 0 Å². The van der Waals surface area contributed by atoms with Gasteiger partial charge in [-0.3, -0.25) is 29.8 Å². The summed E-state index contributed by atoms with van der Waals surface area (Å²) in [5.41, 5.74) is 6.14. The number of hydrazine groups is 1. The predicted molar refractivity (Wildman–Crippen MR) is 107 cm³/mol. The van der Waals surface area contributed by atoms with E-state index in [0.717, 1.165) is 5.56 Å². The minimum Gasteiger partial charge on any atom is -0.349 e. The van der Waals surface area contributed by atoms with Crippen molar-refractivity contribution >= 4 is 17.7 Å². The van der Waals surface area contributed by atoms with E-state index in [1.165, 1.54) is 48.3 Å². The Morgan fingerprint density at radius 3 is 2.40 bits per heavy atom.